The van der Waals surface area contributed by atoms with Crippen molar-refractivity contribution in [2.75, 3.05) is 13.1 Å². The summed E-state index contributed by atoms with van der Waals surface area (Å²) in [4.78, 5) is 2.60. The van der Waals surface area contributed by atoms with E-state index in [0.717, 1.165) is 19.0 Å². The molecule has 1 unspecified atom stereocenters. The molecule has 2 rings (SSSR count). The molecule has 0 amide bonds. The molecule has 1 aliphatic heterocycles. The van der Waals surface area contributed by atoms with Crippen molar-refractivity contribution < 1.29 is 0 Å². The Bertz CT molecular complexity index is 445. The van der Waals surface area contributed by atoms with Crippen molar-refractivity contribution in [2.45, 2.75) is 59.2 Å². The van der Waals surface area contributed by atoms with Crippen molar-refractivity contribution in [3.8, 4) is 0 Å². The van der Waals surface area contributed by atoms with Crippen LogP contribution < -0.4 is 5.32 Å². The van der Waals surface area contributed by atoms with E-state index < -0.39 is 0 Å². The van der Waals surface area contributed by atoms with Crippen LogP contribution in [0.1, 0.15) is 51.2 Å². The molecule has 1 atom stereocenters. The first-order valence-electron chi connectivity index (χ1n) is 8.31. The molecule has 1 saturated heterocycles. The fourth-order valence-corrected chi connectivity index (χ4v) is 3.64. The van der Waals surface area contributed by atoms with Crippen molar-refractivity contribution in [2.24, 2.45) is 5.92 Å². The number of nitrogens with zero attached hydrogens (tertiary/aromatic N) is 1. The Morgan fingerprint density at radius 1 is 1.38 bits per heavy atom. The van der Waals surface area contributed by atoms with E-state index >= 15 is 0 Å². The lowest BCUT2D eigenvalue weighted by Crippen LogP contribution is -2.22. The van der Waals surface area contributed by atoms with Crippen LogP contribution in [-0.2, 0) is 13.1 Å². The Morgan fingerprint density at radius 2 is 2.19 bits per heavy atom. The minimum Gasteiger partial charge on any atom is -0.310 e. The van der Waals surface area contributed by atoms with Gasteiger partial charge in [0.2, 0.25) is 0 Å². The maximum atomic E-state index is 3.75. The maximum absolute atomic E-state index is 3.75. The van der Waals surface area contributed by atoms with Crippen LogP contribution in [0, 0.1) is 5.92 Å². The Morgan fingerprint density at radius 3 is 2.86 bits per heavy atom. The van der Waals surface area contributed by atoms with E-state index in [0.29, 0.717) is 6.04 Å². The molecule has 0 radical (unpaired) electrons. The van der Waals surface area contributed by atoms with Gasteiger partial charge >= 0.3 is 0 Å². The summed E-state index contributed by atoms with van der Waals surface area (Å²) in [6.07, 6.45) is 4.08. The molecule has 0 spiro atoms. The zero-order valence-corrected chi connectivity index (χ0v) is 15.2. The minimum atomic E-state index is 0.531. The predicted molar refractivity (Wildman–Crippen MR) is 94.4 cm³/mol. The average molecular weight is 353 g/mol. The van der Waals surface area contributed by atoms with Crippen LogP contribution >= 0.6 is 15.9 Å². The van der Waals surface area contributed by atoms with Crippen molar-refractivity contribution in [1.29, 1.82) is 0 Å². The Hall–Kier alpha value is -0.380. The number of likely N-dealkylation sites (tertiary alicyclic amines) is 1. The standard InChI is InChI=1S/C18H29BrN2/c1-4-5-15-8-9-21(12-15)13-17-7-6-16(10-18(17)19)11-20-14(2)3/h6-7,10,14-15,20H,4-5,8-9,11-13H2,1-3H3. The van der Waals surface area contributed by atoms with Crippen LogP contribution in [0.5, 0.6) is 0 Å². The Balaban J connectivity index is 1.89. The largest absolute Gasteiger partial charge is 0.310 e. The lowest BCUT2D eigenvalue weighted by molar-refractivity contribution is 0.312. The van der Waals surface area contributed by atoms with Crippen LogP contribution in [0.2, 0.25) is 0 Å². The SMILES string of the molecule is CCCC1CCN(Cc2ccc(CNC(C)C)cc2Br)C1. The van der Waals surface area contributed by atoms with Crippen LogP contribution in [0.4, 0.5) is 0 Å². The normalized spacial score (nSPS) is 19.6. The monoisotopic (exact) mass is 352 g/mol. The van der Waals surface area contributed by atoms with E-state index in [4.69, 9.17) is 0 Å². The molecular weight excluding hydrogens is 324 g/mol. The summed E-state index contributed by atoms with van der Waals surface area (Å²) < 4.78 is 1.25. The van der Waals surface area contributed by atoms with Crippen molar-refractivity contribution in [3.05, 3.63) is 33.8 Å². The zero-order chi connectivity index (χ0) is 15.2. The van der Waals surface area contributed by atoms with Gasteiger partial charge in [-0.2, -0.15) is 0 Å². The zero-order valence-electron chi connectivity index (χ0n) is 13.7. The number of hydrogen-bond donors (Lipinski definition) is 1. The topological polar surface area (TPSA) is 15.3 Å². The molecule has 118 valence electrons. The fourth-order valence-electron chi connectivity index (χ4n) is 3.09. The van der Waals surface area contributed by atoms with Gasteiger partial charge in [0.05, 0.1) is 0 Å². The molecule has 1 fully saturated rings. The summed E-state index contributed by atoms with van der Waals surface area (Å²) in [6, 6.07) is 7.34. The Labute approximate surface area is 138 Å². The highest BCUT2D eigenvalue weighted by Gasteiger charge is 2.22. The van der Waals surface area contributed by atoms with Crippen LogP contribution in [-0.4, -0.2) is 24.0 Å². The first-order chi connectivity index (χ1) is 10.1. The second kappa shape index (κ2) is 8.30. The highest BCUT2D eigenvalue weighted by molar-refractivity contribution is 9.10. The summed E-state index contributed by atoms with van der Waals surface area (Å²) in [5.41, 5.74) is 2.77. The van der Waals surface area contributed by atoms with Gasteiger partial charge in [-0.3, -0.25) is 4.90 Å². The number of benzene rings is 1. The molecule has 1 aromatic carbocycles. The van der Waals surface area contributed by atoms with E-state index in [1.807, 2.05) is 0 Å². The minimum absolute atomic E-state index is 0.531. The lowest BCUT2D eigenvalue weighted by atomic mass is 10.0. The van der Waals surface area contributed by atoms with E-state index in [1.54, 1.807) is 0 Å². The van der Waals surface area contributed by atoms with E-state index in [9.17, 15) is 0 Å². The molecule has 0 bridgehead atoms. The van der Waals surface area contributed by atoms with E-state index in [2.05, 4.69) is 65.1 Å². The van der Waals surface area contributed by atoms with Gasteiger partial charge in [0.1, 0.15) is 0 Å². The summed E-state index contributed by atoms with van der Waals surface area (Å²) >= 11 is 3.75. The molecule has 1 aliphatic rings. The molecule has 2 nitrogen and oxygen atoms in total. The summed E-state index contributed by atoms with van der Waals surface area (Å²) in [7, 11) is 0. The predicted octanol–water partition coefficient (Wildman–Crippen LogP) is 4.57. The average Bonchev–Trinajstić information content (AvgIpc) is 2.87. The molecule has 3 heteroatoms. The molecule has 0 aliphatic carbocycles. The third-order valence-corrected chi connectivity index (χ3v) is 5.03. The molecule has 1 heterocycles. The third-order valence-electron chi connectivity index (χ3n) is 4.29. The number of rotatable bonds is 7. The van der Waals surface area contributed by atoms with Gasteiger partial charge in [-0.05, 0) is 42.5 Å². The van der Waals surface area contributed by atoms with Gasteiger partial charge in [-0.1, -0.05) is 55.3 Å². The molecule has 0 aromatic heterocycles. The summed E-state index contributed by atoms with van der Waals surface area (Å²) in [5, 5.41) is 3.47. The van der Waals surface area contributed by atoms with Crippen LogP contribution in [0.25, 0.3) is 0 Å². The fraction of sp³-hybridized carbons (Fsp3) is 0.667. The molecular formula is C18H29BrN2. The highest BCUT2D eigenvalue weighted by atomic mass is 79.9. The van der Waals surface area contributed by atoms with Gasteiger partial charge in [-0.15, -0.1) is 0 Å². The highest BCUT2D eigenvalue weighted by Crippen LogP contribution is 2.25. The van der Waals surface area contributed by atoms with Crippen molar-refractivity contribution >= 4 is 15.9 Å². The second-order valence-electron chi connectivity index (χ2n) is 6.64. The summed E-state index contributed by atoms with van der Waals surface area (Å²) in [5.74, 6) is 0.920. The van der Waals surface area contributed by atoms with Crippen molar-refractivity contribution in [3.63, 3.8) is 0 Å². The molecule has 1 aromatic rings. The van der Waals surface area contributed by atoms with Crippen LogP contribution in [0.15, 0.2) is 22.7 Å². The van der Waals surface area contributed by atoms with Gasteiger partial charge in [-0.25, -0.2) is 0 Å². The molecule has 0 saturated carbocycles. The molecule has 1 N–H and O–H groups in total. The lowest BCUT2D eigenvalue weighted by Gasteiger charge is -2.18. The maximum Gasteiger partial charge on any atom is 0.0245 e. The number of halogens is 1. The number of hydrogen-bond acceptors (Lipinski definition) is 2. The first kappa shape index (κ1) is 17.0. The summed E-state index contributed by atoms with van der Waals surface area (Å²) in [6.45, 7) is 11.2. The van der Waals surface area contributed by atoms with Crippen LogP contribution in [0.3, 0.4) is 0 Å². The van der Waals surface area contributed by atoms with Crippen molar-refractivity contribution in [1.82, 2.24) is 10.2 Å². The van der Waals surface area contributed by atoms with Gasteiger partial charge in [0.25, 0.3) is 0 Å². The van der Waals surface area contributed by atoms with E-state index in [-0.39, 0.29) is 0 Å². The second-order valence-corrected chi connectivity index (χ2v) is 7.49. The smallest absolute Gasteiger partial charge is 0.0245 e. The van der Waals surface area contributed by atoms with Gasteiger partial charge < -0.3 is 5.32 Å². The first-order valence-corrected chi connectivity index (χ1v) is 9.10. The van der Waals surface area contributed by atoms with E-state index in [1.165, 1.54) is 48.0 Å². The Kier molecular flexibility index (Phi) is 6.72. The third kappa shape index (κ3) is 5.39. The van der Waals surface area contributed by atoms with Gasteiger partial charge in [0.15, 0.2) is 0 Å². The van der Waals surface area contributed by atoms with Gasteiger partial charge in [0, 0.05) is 30.1 Å². The number of nitrogens with one attached hydrogen (secondary N) is 1. The quantitative estimate of drug-likeness (QED) is 0.773. The molecule has 21 heavy (non-hydrogen) atoms.